The summed E-state index contributed by atoms with van der Waals surface area (Å²) < 4.78 is 50.0. The molecule has 6 nitrogen and oxygen atoms in total. The van der Waals surface area contributed by atoms with Crippen LogP contribution in [0.5, 0.6) is 5.75 Å². The van der Waals surface area contributed by atoms with Crippen LogP contribution in [0.25, 0.3) is 11.3 Å². The summed E-state index contributed by atoms with van der Waals surface area (Å²) in [6.07, 6.45) is 2.05. The number of aromatic nitrogens is 3. The van der Waals surface area contributed by atoms with Crippen molar-refractivity contribution in [3.8, 4) is 17.0 Å². The lowest BCUT2D eigenvalue weighted by Gasteiger charge is -2.39. The highest BCUT2D eigenvalue weighted by Crippen LogP contribution is 2.45. The number of hydrogen-bond acceptors (Lipinski definition) is 5. The molecule has 0 bridgehead atoms. The molecule has 1 atom stereocenters. The third-order valence-electron chi connectivity index (χ3n) is 6.68. The molecule has 2 aromatic heterocycles. The molecule has 0 aliphatic heterocycles. The molecule has 2 heterocycles. The predicted molar refractivity (Wildman–Crippen MR) is 124 cm³/mol. The van der Waals surface area contributed by atoms with Crippen LogP contribution in [0.4, 0.5) is 13.2 Å². The van der Waals surface area contributed by atoms with E-state index in [9.17, 15) is 23.1 Å². The van der Waals surface area contributed by atoms with Crippen LogP contribution < -0.4 is 4.74 Å². The number of hydrogen-bond donors (Lipinski definition) is 1. The fraction of sp³-hybridized carbons (Fsp3) is 0.423. The molecule has 1 N–H and O–H groups in total. The molecule has 35 heavy (non-hydrogen) atoms. The highest BCUT2D eigenvalue weighted by atomic mass is 19.4. The smallest absolute Gasteiger partial charge is 0.418 e. The van der Waals surface area contributed by atoms with Gasteiger partial charge in [-0.3, -0.25) is 14.8 Å². The molecule has 0 saturated heterocycles. The van der Waals surface area contributed by atoms with Crippen LogP contribution in [0.15, 0.2) is 49.1 Å². The average Bonchev–Trinajstić information content (AvgIpc) is 3.22. The van der Waals surface area contributed by atoms with Crippen LogP contribution in [0, 0.1) is 0 Å². The zero-order valence-electron chi connectivity index (χ0n) is 19.9. The van der Waals surface area contributed by atoms with E-state index < -0.39 is 30.2 Å². The second kappa shape index (κ2) is 9.11. The molecule has 1 aromatic carbocycles. The minimum atomic E-state index is -4.91. The molecule has 9 heteroatoms. The number of carbonyl (C=O) groups excluding carboxylic acids is 1. The molecule has 0 saturated carbocycles. The first kappa shape index (κ1) is 24.9. The summed E-state index contributed by atoms with van der Waals surface area (Å²) in [6, 6.07) is 6.73. The number of ether oxygens (including phenoxy) is 1. The predicted octanol–water partition coefficient (Wildman–Crippen LogP) is 5.13. The summed E-state index contributed by atoms with van der Waals surface area (Å²) in [4.78, 5) is 20.5. The maximum atomic E-state index is 14.4. The van der Waals surface area contributed by atoms with E-state index in [2.05, 4.69) is 9.97 Å². The van der Waals surface area contributed by atoms with Crippen LogP contribution in [0.2, 0.25) is 0 Å². The fourth-order valence-corrected chi connectivity index (χ4v) is 4.94. The van der Waals surface area contributed by atoms with Gasteiger partial charge in [0, 0.05) is 47.4 Å². The van der Waals surface area contributed by atoms with E-state index in [4.69, 9.17) is 4.74 Å². The molecular weight excluding hydrogens is 459 g/mol. The third kappa shape index (κ3) is 4.82. The number of ketones is 1. The minimum Gasteiger partial charge on any atom is -0.496 e. The number of halogens is 3. The lowest BCUT2D eigenvalue weighted by Crippen LogP contribution is -2.52. The molecule has 1 aliphatic rings. The van der Waals surface area contributed by atoms with Crippen LogP contribution in [-0.4, -0.2) is 44.3 Å². The molecular formula is C26H28F3N3O3. The van der Waals surface area contributed by atoms with Gasteiger partial charge < -0.3 is 14.4 Å². The first-order chi connectivity index (χ1) is 16.4. The fourth-order valence-electron chi connectivity index (χ4n) is 4.94. The van der Waals surface area contributed by atoms with Crippen molar-refractivity contribution >= 4 is 5.78 Å². The average molecular weight is 488 g/mol. The van der Waals surface area contributed by atoms with Crippen molar-refractivity contribution in [2.75, 3.05) is 7.11 Å². The first-order valence-electron chi connectivity index (χ1n) is 11.4. The molecule has 186 valence electrons. The topological polar surface area (TPSA) is 77.2 Å². The van der Waals surface area contributed by atoms with Gasteiger partial charge in [0.2, 0.25) is 0 Å². The molecule has 0 spiro atoms. The molecule has 1 unspecified atom stereocenters. The molecule has 0 amide bonds. The maximum absolute atomic E-state index is 14.4. The van der Waals surface area contributed by atoms with Gasteiger partial charge in [-0.05, 0) is 48.9 Å². The van der Waals surface area contributed by atoms with E-state index >= 15 is 0 Å². The maximum Gasteiger partial charge on any atom is 0.418 e. The van der Waals surface area contributed by atoms with E-state index in [0.29, 0.717) is 53.1 Å². The van der Waals surface area contributed by atoms with Gasteiger partial charge in [-0.2, -0.15) is 13.2 Å². The van der Waals surface area contributed by atoms with Gasteiger partial charge in [-0.15, -0.1) is 0 Å². The van der Waals surface area contributed by atoms with Crippen molar-refractivity contribution in [1.29, 1.82) is 0 Å². The Labute approximate surface area is 201 Å². The summed E-state index contributed by atoms with van der Waals surface area (Å²) in [5.41, 5.74) is -1.44. The number of nitrogens with zero attached hydrogens (tertiary/aromatic N) is 3. The molecule has 1 aliphatic carbocycles. The number of rotatable bonds is 7. The highest BCUT2D eigenvalue weighted by molar-refractivity contribution is 5.98. The molecule has 0 fully saturated rings. The van der Waals surface area contributed by atoms with Gasteiger partial charge in [0.15, 0.2) is 11.4 Å². The number of alkyl halides is 3. The lowest BCUT2D eigenvalue weighted by molar-refractivity contribution is -0.271. The lowest BCUT2D eigenvalue weighted by atomic mass is 9.74. The number of carbonyl (C=O) groups is 1. The zero-order chi connectivity index (χ0) is 25.4. The summed E-state index contributed by atoms with van der Waals surface area (Å²) in [7, 11) is 1.45. The van der Waals surface area contributed by atoms with Crippen molar-refractivity contribution in [3.63, 3.8) is 0 Å². The number of Topliss-reactive ketones (excluding diaryl/α,β-unsaturated/α-hetero) is 1. The van der Waals surface area contributed by atoms with Crippen molar-refractivity contribution < 1.29 is 27.8 Å². The number of fused-ring (bicyclic) bond motifs is 1. The Bertz CT molecular complexity index is 1220. The zero-order valence-corrected chi connectivity index (χ0v) is 19.9. The first-order valence-corrected chi connectivity index (χ1v) is 11.4. The van der Waals surface area contributed by atoms with Crippen molar-refractivity contribution in [2.45, 2.75) is 63.3 Å². The van der Waals surface area contributed by atoms with Gasteiger partial charge in [-0.25, -0.2) is 0 Å². The van der Waals surface area contributed by atoms with Crippen LogP contribution >= 0.6 is 0 Å². The Balaban J connectivity index is 1.72. The van der Waals surface area contributed by atoms with Crippen molar-refractivity contribution in [2.24, 2.45) is 0 Å². The molecule has 4 rings (SSSR count). The summed E-state index contributed by atoms with van der Waals surface area (Å²) in [5.74, 6) is 0.336. The Hall–Kier alpha value is -3.20. The Morgan fingerprint density at radius 1 is 1.14 bits per heavy atom. The van der Waals surface area contributed by atoms with E-state index in [1.807, 2.05) is 0 Å². The Kier molecular flexibility index (Phi) is 6.48. The largest absolute Gasteiger partial charge is 0.496 e. The molecule has 3 aromatic rings. The third-order valence-corrected chi connectivity index (χ3v) is 6.68. The standard InChI is InChI=1S/C26H28F3N3O3/c1-24(2,19-13-17(7-8-23(19)35-3)20-14-30-10-11-31-20)15-25(34,26(27,28)29)16-32-12-9-18-21(32)5-4-6-22(18)33/h7-14,34H,4-6,15-16H2,1-3H3. The SMILES string of the molecule is COc1ccc(-c2cnccn2)cc1C(C)(C)CC(O)(Cn1ccc2c1CCCC2=O)C(F)(F)F. The van der Waals surface area contributed by atoms with Crippen molar-refractivity contribution in [1.82, 2.24) is 14.5 Å². The van der Waals surface area contributed by atoms with E-state index in [0.717, 1.165) is 0 Å². The summed E-state index contributed by atoms with van der Waals surface area (Å²) >= 11 is 0. The van der Waals surface area contributed by atoms with Gasteiger partial charge in [0.05, 0.1) is 25.5 Å². The van der Waals surface area contributed by atoms with E-state index in [1.54, 1.807) is 44.3 Å². The van der Waals surface area contributed by atoms with E-state index in [-0.39, 0.29) is 5.78 Å². The second-order valence-electron chi connectivity index (χ2n) is 9.68. The monoisotopic (exact) mass is 487 g/mol. The quantitative estimate of drug-likeness (QED) is 0.500. The Morgan fingerprint density at radius 3 is 2.57 bits per heavy atom. The highest BCUT2D eigenvalue weighted by Gasteiger charge is 2.56. The van der Waals surface area contributed by atoms with Crippen molar-refractivity contribution in [3.05, 3.63) is 65.9 Å². The van der Waals surface area contributed by atoms with Crippen LogP contribution in [0.3, 0.4) is 0 Å². The van der Waals surface area contributed by atoms with Gasteiger partial charge in [0.25, 0.3) is 0 Å². The number of aliphatic hydroxyl groups is 1. The van der Waals surface area contributed by atoms with E-state index in [1.165, 1.54) is 30.3 Å². The summed E-state index contributed by atoms with van der Waals surface area (Å²) in [6.45, 7) is 2.60. The van der Waals surface area contributed by atoms with Gasteiger partial charge in [0.1, 0.15) is 5.75 Å². The van der Waals surface area contributed by atoms with Gasteiger partial charge >= 0.3 is 6.18 Å². The summed E-state index contributed by atoms with van der Waals surface area (Å²) in [5, 5.41) is 11.1. The normalized spacial score (nSPS) is 16.0. The van der Waals surface area contributed by atoms with Crippen LogP contribution in [0.1, 0.15) is 54.7 Å². The second-order valence-corrected chi connectivity index (χ2v) is 9.68. The number of methoxy groups -OCH3 is 1. The Morgan fingerprint density at radius 2 is 1.91 bits per heavy atom. The van der Waals surface area contributed by atoms with Crippen LogP contribution in [-0.2, 0) is 18.4 Å². The molecule has 0 radical (unpaired) electrons. The minimum absolute atomic E-state index is 0.0774. The number of benzene rings is 1. The van der Waals surface area contributed by atoms with Gasteiger partial charge in [-0.1, -0.05) is 13.8 Å².